The van der Waals surface area contributed by atoms with Gasteiger partial charge in [0.2, 0.25) is 0 Å². The van der Waals surface area contributed by atoms with Crippen LogP contribution in [-0.4, -0.2) is 58.0 Å². The van der Waals surface area contributed by atoms with Crippen LogP contribution in [0.25, 0.3) is 0 Å². The number of carbonyl (C=O) groups excluding carboxylic acids is 1. The van der Waals surface area contributed by atoms with Crippen molar-refractivity contribution in [1.82, 2.24) is 4.90 Å². The first kappa shape index (κ1) is 12.9. The van der Waals surface area contributed by atoms with E-state index in [4.69, 9.17) is 4.74 Å². The van der Waals surface area contributed by atoms with Crippen LogP contribution in [0.4, 0.5) is 0 Å². The molecule has 5 nitrogen and oxygen atoms in total. The second-order valence-corrected chi connectivity index (χ2v) is 7.93. The lowest BCUT2D eigenvalue weighted by Gasteiger charge is -2.78. The van der Waals surface area contributed by atoms with Gasteiger partial charge in [0.25, 0.3) is 0 Å². The molecule has 3 saturated heterocycles. The van der Waals surface area contributed by atoms with Crippen molar-refractivity contribution in [2.75, 3.05) is 13.1 Å². The molecule has 3 aliphatic heterocycles. The van der Waals surface area contributed by atoms with Gasteiger partial charge in [-0.25, -0.2) is 0 Å². The van der Waals surface area contributed by atoms with Gasteiger partial charge >= 0.3 is 5.97 Å². The molecule has 8 atom stereocenters. The summed E-state index contributed by atoms with van der Waals surface area (Å²) in [6.45, 7) is 3.66. The predicted molar refractivity (Wildman–Crippen MR) is 73.2 cm³/mol. The number of carbonyl (C=O) groups is 1. The summed E-state index contributed by atoms with van der Waals surface area (Å²) in [6, 6.07) is 0. The zero-order chi connectivity index (χ0) is 14.6. The van der Waals surface area contributed by atoms with E-state index in [1.807, 2.05) is 0 Å². The van der Waals surface area contributed by atoms with Gasteiger partial charge in [-0.15, -0.1) is 0 Å². The van der Waals surface area contributed by atoms with Crippen LogP contribution in [0.3, 0.4) is 0 Å². The molecular weight excluding hydrogens is 270 g/mol. The number of nitrogens with zero attached hydrogens (tertiary/aromatic N) is 1. The molecule has 5 fully saturated rings. The summed E-state index contributed by atoms with van der Waals surface area (Å²) in [4.78, 5) is 14.8. The number of hydrogen-bond donors (Lipinski definition) is 2. The van der Waals surface area contributed by atoms with Gasteiger partial charge in [-0.05, 0) is 38.1 Å². The fourth-order valence-electron chi connectivity index (χ4n) is 7.19. The molecule has 2 N–H and O–H groups in total. The van der Waals surface area contributed by atoms with Crippen LogP contribution in [0.5, 0.6) is 0 Å². The van der Waals surface area contributed by atoms with Crippen molar-refractivity contribution in [3.8, 4) is 0 Å². The zero-order valence-electron chi connectivity index (χ0n) is 12.4. The first-order chi connectivity index (χ1) is 10.0. The lowest BCUT2D eigenvalue weighted by atomic mass is 9.33. The van der Waals surface area contributed by atoms with Gasteiger partial charge in [-0.2, -0.15) is 0 Å². The SMILES string of the molecule is CC1C[C@@]23[C@@H]4CCCN2C[C@H](O)[C@@H](O)[C@@]13[C@@H]1C[C@H]4OC1=O. The Balaban J connectivity index is 1.75. The Morgan fingerprint density at radius 1 is 1.38 bits per heavy atom. The molecule has 0 aromatic carbocycles. The van der Waals surface area contributed by atoms with Crippen LogP contribution in [-0.2, 0) is 9.53 Å². The second-order valence-electron chi connectivity index (χ2n) is 7.93. The molecule has 0 radical (unpaired) electrons. The minimum absolute atomic E-state index is 0.0355. The number of rotatable bonds is 0. The summed E-state index contributed by atoms with van der Waals surface area (Å²) in [5.74, 6) is 0.246. The smallest absolute Gasteiger partial charge is 0.310 e. The summed E-state index contributed by atoms with van der Waals surface area (Å²) in [5.41, 5.74) is -0.594. The van der Waals surface area contributed by atoms with Gasteiger partial charge in [0.1, 0.15) is 6.10 Å². The van der Waals surface area contributed by atoms with Crippen LogP contribution in [0.15, 0.2) is 0 Å². The molecule has 5 rings (SSSR count). The van der Waals surface area contributed by atoms with Crippen LogP contribution < -0.4 is 0 Å². The number of hydrogen-bond acceptors (Lipinski definition) is 5. The van der Waals surface area contributed by atoms with Gasteiger partial charge in [0, 0.05) is 23.4 Å². The molecule has 0 amide bonds. The number of ether oxygens (including phenoxy) is 1. The monoisotopic (exact) mass is 293 g/mol. The maximum absolute atomic E-state index is 12.4. The van der Waals surface area contributed by atoms with Gasteiger partial charge in [0.05, 0.1) is 18.1 Å². The van der Waals surface area contributed by atoms with Gasteiger partial charge in [-0.3, -0.25) is 9.69 Å². The fraction of sp³-hybridized carbons (Fsp3) is 0.938. The molecule has 2 saturated carbocycles. The van der Waals surface area contributed by atoms with E-state index >= 15 is 0 Å². The summed E-state index contributed by atoms with van der Waals surface area (Å²) in [7, 11) is 0. The van der Waals surface area contributed by atoms with Crippen LogP contribution in [0.1, 0.15) is 32.6 Å². The lowest BCUT2D eigenvalue weighted by Crippen LogP contribution is -2.87. The van der Waals surface area contributed by atoms with E-state index in [1.54, 1.807) is 0 Å². The van der Waals surface area contributed by atoms with Crippen LogP contribution in [0.2, 0.25) is 0 Å². The normalized spacial score (nSPS) is 61.6. The third kappa shape index (κ3) is 1.08. The predicted octanol–water partition coefficient (Wildman–Crippen LogP) is 0.144. The van der Waals surface area contributed by atoms with E-state index < -0.39 is 17.6 Å². The maximum Gasteiger partial charge on any atom is 0.310 e. The van der Waals surface area contributed by atoms with Gasteiger partial charge < -0.3 is 14.9 Å². The summed E-state index contributed by atoms with van der Waals surface area (Å²) < 4.78 is 5.71. The van der Waals surface area contributed by atoms with E-state index in [0.29, 0.717) is 12.5 Å². The topological polar surface area (TPSA) is 70.0 Å². The van der Waals surface area contributed by atoms with Crippen molar-refractivity contribution in [2.24, 2.45) is 23.2 Å². The molecule has 5 aliphatic rings. The van der Waals surface area contributed by atoms with Gasteiger partial charge in [0.15, 0.2) is 0 Å². The largest absolute Gasteiger partial charge is 0.462 e. The third-order valence-electron chi connectivity index (χ3n) is 7.61. The lowest BCUT2D eigenvalue weighted by molar-refractivity contribution is -0.332. The third-order valence-corrected chi connectivity index (χ3v) is 7.61. The van der Waals surface area contributed by atoms with E-state index in [2.05, 4.69) is 11.8 Å². The minimum atomic E-state index is -0.797. The molecular formula is C16H23NO4. The molecule has 3 heterocycles. The summed E-state index contributed by atoms with van der Waals surface area (Å²) >= 11 is 0. The zero-order valence-corrected chi connectivity index (χ0v) is 12.4. The molecule has 1 unspecified atom stereocenters. The standard InChI is InChI=1S/C16H23NO4/c1-8-6-15-9-3-2-4-17(15)7-11(18)13(19)16(8,15)10-5-12(9)21-14(10)20/h8-13,18-19H,2-7H2,1H3/t8?,9-,10-,11+,12-,13-,15+,16+/m1/s1. The van der Waals surface area contributed by atoms with Gasteiger partial charge in [-0.1, -0.05) is 6.92 Å². The van der Waals surface area contributed by atoms with Crippen molar-refractivity contribution in [1.29, 1.82) is 0 Å². The highest BCUT2D eigenvalue weighted by Gasteiger charge is 2.83. The molecule has 0 aromatic heterocycles. The molecule has 0 aromatic rings. The van der Waals surface area contributed by atoms with Crippen molar-refractivity contribution in [2.45, 2.75) is 56.5 Å². The Labute approximate surface area is 124 Å². The number of fused-ring (bicyclic) bond motifs is 3. The Hall–Kier alpha value is -0.650. The average molecular weight is 293 g/mol. The van der Waals surface area contributed by atoms with Crippen molar-refractivity contribution < 1.29 is 19.7 Å². The molecule has 5 heteroatoms. The van der Waals surface area contributed by atoms with E-state index in [1.165, 1.54) is 0 Å². The Kier molecular flexibility index (Phi) is 2.22. The minimum Gasteiger partial charge on any atom is -0.462 e. The number of β-amino-alcohol motifs (C(OH)–C–C–N with tert-alkyl or cyclic N) is 1. The summed E-state index contributed by atoms with van der Waals surface area (Å²) in [6.07, 6.45) is 2.45. The molecule has 116 valence electrons. The van der Waals surface area contributed by atoms with E-state index in [9.17, 15) is 15.0 Å². The molecule has 1 spiro atoms. The number of piperidine rings is 2. The van der Waals surface area contributed by atoms with Crippen molar-refractivity contribution in [3.63, 3.8) is 0 Å². The highest BCUT2D eigenvalue weighted by atomic mass is 16.6. The van der Waals surface area contributed by atoms with E-state index in [-0.39, 0.29) is 29.4 Å². The molecule has 2 bridgehead atoms. The van der Waals surface area contributed by atoms with E-state index in [0.717, 1.165) is 32.2 Å². The Morgan fingerprint density at radius 2 is 2.19 bits per heavy atom. The van der Waals surface area contributed by atoms with Crippen LogP contribution >= 0.6 is 0 Å². The van der Waals surface area contributed by atoms with Crippen LogP contribution in [0, 0.1) is 23.2 Å². The van der Waals surface area contributed by atoms with Crippen molar-refractivity contribution >= 4 is 5.97 Å². The first-order valence-corrected chi connectivity index (χ1v) is 8.35. The number of aliphatic hydroxyl groups is 2. The highest BCUT2D eigenvalue weighted by molar-refractivity contribution is 5.78. The highest BCUT2D eigenvalue weighted by Crippen LogP contribution is 2.75. The first-order valence-electron chi connectivity index (χ1n) is 8.35. The van der Waals surface area contributed by atoms with Crippen molar-refractivity contribution in [3.05, 3.63) is 0 Å². The molecule has 21 heavy (non-hydrogen) atoms. The average Bonchev–Trinajstić information content (AvgIpc) is 2.78. The molecule has 2 aliphatic carbocycles. The number of esters is 1. The Morgan fingerprint density at radius 3 is 2.95 bits per heavy atom. The maximum atomic E-state index is 12.4. The number of aliphatic hydroxyl groups excluding tert-OH is 2. The summed E-state index contributed by atoms with van der Waals surface area (Å²) in [5, 5.41) is 21.4. The fourth-order valence-corrected chi connectivity index (χ4v) is 7.19. The second kappa shape index (κ2) is 3.63. The Bertz CT molecular complexity index is 524. The quantitative estimate of drug-likeness (QED) is 0.622.